The zero-order valence-corrected chi connectivity index (χ0v) is 12.3. The first-order valence-corrected chi connectivity index (χ1v) is 6.71. The van der Waals surface area contributed by atoms with Gasteiger partial charge >= 0.3 is 0 Å². The summed E-state index contributed by atoms with van der Waals surface area (Å²) in [7, 11) is 4.06. The third-order valence-electron chi connectivity index (χ3n) is 2.92. The number of rotatable bonds is 7. The molecule has 1 amide bonds. The van der Waals surface area contributed by atoms with Crippen LogP contribution in [0, 0.1) is 0 Å². The van der Waals surface area contributed by atoms with Crippen molar-refractivity contribution in [1.29, 1.82) is 0 Å². The van der Waals surface area contributed by atoms with Crippen molar-refractivity contribution in [1.82, 2.24) is 14.8 Å². The van der Waals surface area contributed by atoms with Gasteiger partial charge in [-0.15, -0.1) is 0 Å². The Bertz CT molecular complexity index is 402. The van der Waals surface area contributed by atoms with Gasteiger partial charge < -0.3 is 15.1 Å². The Labute approximate surface area is 115 Å². The van der Waals surface area contributed by atoms with Crippen LogP contribution in [0.25, 0.3) is 0 Å². The first-order chi connectivity index (χ1) is 9.08. The van der Waals surface area contributed by atoms with Crippen LogP contribution < -0.4 is 5.32 Å². The number of anilines is 1. The minimum absolute atomic E-state index is 0.0359. The number of nitrogens with one attached hydrogen (secondary N) is 1. The van der Waals surface area contributed by atoms with Crippen LogP contribution in [0.15, 0.2) is 18.5 Å². The maximum atomic E-state index is 12.2. The molecule has 0 aromatic carbocycles. The smallest absolute Gasteiger partial charge is 0.255 e. The number of likely N-dealkylation sites (N-methyl/N-ethyl adjacent to an activating group) is 1. The van der Waals surface area contributed by atoms with Crippen molar-refractivity contribution in [2.24, 2.45) is 0 Å². The molecule has 0 unspecified atom stereocenters. The van der Waals surface area contributed by atoms with Crippen LogP contribution in [0.2, 0.25) is 0 Å². The molecule has 0 saturated carbocycles. The minimum Gasteiger partial charge on any atom is -0.382 e. The summed E-state index contributed by atoms with van der Waals surface area (Å²) in [6, 6.07) is 1.86. The van der Waals surface area contributed by atoms with Crippen molar-refractivity contribution in [3.8, 4) is 0 Å². The first-order valence-electron chi connectivity index (χ1n) is 6.71. The van der Waals surface area contributed by atoms with Gasteiger partial charge in [0.2, 0.25) is 0 Å². The van der Waals surface area contributed by atoms with Gasteiger partial charge in [0.15, 0.2) is 0 Å². The average Bonchev–Trinajstić information content (AvgIpc) is 2.40. The number of nitrogens with zero attached hydrogens (tertiary/aromatic N) is 3. The third kappa shape index (κ3) is 4.87. The number of carbonyl (C=O) groups is 1. The molecule has 1 rings (SSSR count). The van der Waals surface area contributed by atoms with Gasteiger partial charge in [-0.2, -0.15) is 0 Å². The van der Waals surface area contributed by atoms with Crippen molar-refractivity contribution in [3.63, 3.8) is 0 Å². The number of amides is 1. The lowest BCUT2D eigenvalue weighted by Gasteiger charge is -2.19. The number of hydrogen-bond acceptors (Lipinski definition) is 4. The summed E-state index contributed by atoms with van der Waals surface area (Å²) in [6.07, 6.45) is 3.37. The summed E-state index contributed by atoms with van der Waals surface area (Å²) >= 11 is 0. The molecule has 1 N–H and O–H groups in total. The first kappa shape index (κ1) is 15.4. The van der Waals surface area contributed by atoms with Crippen LogP contribution >= 0.6 is 0 Å². The number of carbonyl (C=O) groups excluding carboxylic acids is 1. The second-order valence-electron chi connectivity index (χ2n) is 4.67. The molecule has 106 valence electrons. The monoisotopic (exact) mass is 264 g/mol. The fourth-order valence-electron chi connectivity index (χ4n) is 1.77. The lowest BCUT2D eigenvalue weighted by atomic mass is 10.2. The Morgan fingerprint density at radius 2 is 1.95 bits per heavy atom. The van der Waals surface area contributed by atoms with E-state index in [2.05, 4.69) is 15.2 Å². The quantitative estimate of drug-likeness (QED) is 0.811. The summed E-state index contributed by atoms with van der Waals surface area (Å²) in [5.74, 6) is 0.0359. The van der Waals surface area contributed by atoms with E-state index in [-0.39, 0.29) is 5.91 Å². The van der Waals surface area contributed by atoms with E-state index in [4.69, 9.17) is 0 Å². The molecule has 0 fully saturated rings. The predicted octanol–water partition coefficient (Wildman–Crippen LogP) is 1.54. The van der Waals surface area contributed by atoms with Gasteiger partial charge in [0.1, 0.15) is 0 Å². The topological polar surface area (TPSA) is 48.5 Å². The second kappa shape index (κ2) is 7.74. The molecular formula is C14H24N4O. The molecule has 1 aromatic heterocycles. The van der Waals surface area contributed by atoms with Gasteiger partial charge in [-0.05, 0) is 34.0 Å². The van der Waals surface area contributed by atoms with E-state index in [0.717, 1.165) is 18.8 Å². The molecule has 0 aliphatic rings. The molecule has 5 heteroatoms. The second-order valence-corrected chi connectivity index (χ2v) is 4.67. The van der Waals surface area contributed by atoms with E-state index >= 15 is 0 Å². The zero-order valence-electron chi connectivity index (χ0n) is 12.3. The minimum atomic E-state index is 0.0359. The number of hydrogen-bond donors (Lipinski definition) is 1. The Balaban J connectivity index is 2.68. The van der Waals surface area contributed by atoms with E-state index in [9.17, 15) is 4.79 Å². The Hall–Kier alpha value is -1.62. The Morgan fingerprint density at radius 3 is 2.53 bits per heavy atom. The highest BCUT2D eigenvalue weighted by Gasteiger charge is 2.12. The molecule has 0 aliphatic carbocycles. The van der Waals surface area contributed by atoms with Crippen molar-refractivity contribution in [3.05, 3.63) is 24.0 Å². The van der Waals surface area contributed by atoms with Gasteiger partial charge in [0.05, 0.1) is 11.3 Å². The summed E-state index contributed by atoms with van der Waals surface area (Å²) < 4.78 is 0. The largest absolute Gasteiger partial charge is 0.382 e. The van der Waals surface area contributed by atoms with Crippen LogP contribution in [0.1, 0.15) is 24.2 Å². The summed E-state index contributed by atoms with van der Waals surface area (Å²) in [6.45, 7) is 7.16. The van der Waals surface area contributed by atoms with Crippen molar-refractivity contribution in [2.45, 2.75) is 13.8 Å². The van der Waals surface area contributed by atoms with Crippen molar-refractivity contribution < 1.29 is 4.79 Å². The van der Waals surface area contributed by atoms with Crippen LogP contribution in [-0.4, -0.2) is 61.0 Å². The third-order valence-corrected chi connectivity index (χ3v) is 2.92. The molecule has 0 bridgehead atoms. The number of aromatic nitrogens is 1. The normalized spacial score (nSPS) is 10.6. The number of pyridine rings is 1. The van der Waals surface area contributed by atoms with Crippen molar-refractivity contribution in [2.75, 3.05) is 45.6 Å². The summed E-state index contributed by atoms with van der Waals surface area (Å²) in [5.41, 5.74) is 1.53. The fourth-order valence-corrected chi connectivity index (χ4v) is 1.77. The van der Waals surface area contributed by atoms with Crippen LogP contribution in [0.4, 0.5) is 5.69 Å². The predicted molar refractivity (Wildman–Crippen MR) is 78.5 cm³/mol. The molecule has 0 spiro atoms. The van der Waals surface area contributed by atoms with Crippen LogP contribution in [0.3, 0.4) is 0 Å². The molecule has 19 heavy (non-hydrogen) atoms. The van der Waals surface area contributed by atoms with E-state index in [1.807, 2.05) is 34.0 Å². The van der Waals surface area contributed by atoms with E-state index in [1.165, 1.54) is 0 Å². The molecule has 0 aliphatic heterocycles. The zero-order chi connectivity index (χ0) is 14.3. The standard InChI is InChI=1S/C14H24N4O/c1-5-18(6-2)14(19)12-9-13(11-15-10-12)16-7-8-17(3)4/h9-11,16H,5-8H2,1-4H3. The van der Waals surface area contributed by atoms with E-state index in [0.29, 0.717) is 18.7 Å². The van der Waals surface area contributed by atoms with Gasteiger partial charge in [-0.1, -0.05) is 0 Å². The molecule has 0 atom stereocenters. The van der Waals surface area contributed by atoms with Gasteiger partial charge in [0, 0.05) is 38.6 Å². The van der Waals surface area contributed by atoms with E-state index < -0.39 is 0 Å². The molecule has 1 heterocycles. The summed E-state index contributed by atoms with van der Waals surface area (Å²) in [5, 5.41) is 3.27. The van der Waals surface area contributed by atoms with Gasteiger partial charge in [-0.25, -0.2) is 0 Å². The molecular weight excluding hydrogens is 240 g/mol. The SMILES string of the molecule is CCN(CC)C(=O)c1cncc(NCCN(C)C)c1. The van der Waals surface area contributed by atoms with Crippen molar-refractivity contribution >= 4 is 11.6 Å². The maximum absolute atomic E-state index is 12.2. The van der Waals surface area contributed by atoms with Crippen LogP contribution in [-0.2, 0) is 0 Å². The van der Waals surface area contributed by atoms with Gasteiger partial charge in [-0.3, -0.25) is 9.78 Å². The van der Waals surface area contributed by atoms with Crippen LogP contribution in [0.5, 0.6) is 0 Å². The highest BCUT2D eigenvalue weighted by molar-refractivity contribution is 5.94. The molecule has 0 radical (unpaired) electrons. The Kier molecular flexibility index (Phi) is 6.29. The fraction of sp³-hybridized carbons (Fsp3) is 0.571. The highest BCUT2D eigenvalue weighted by atomic mass is 16.2. The average molecular weight is 264 g/mol. The van der Waals surface area contributed by atoms with E-state index in [1.54, 1.807) is 17.3 Å². The Morgan fingerprint density at radius 1 is 1.26 bits per heavy atom. The molecule has 0 saturated heterocycles. The highest BCUT2D eigenvalue weighted by Crippen LogP contribution is 2.10. The maximum Gasteiger partial charge on any atom is 0.255 e. The lowest BCUT2D eigenvalue weighted by molar-refractivity contribution is 0.0772. The molecule has 1 aromatic rings. The van der Waals surface area contributed by atoms with Gasteiger partial charge in [0.25, 0.3) is 5.91 Å². The molecule has 5 nitrogen and oxygen atoms in total. The summed E-state index contributed by atoms with van der Waals surface area (Å²) in [4.78, 5) is 20.2. The lowest BCUT2D eigenvalue weighted by Crippen LogP contribution is -2.30.